The van der Waals surface area contributed by atoms with Crippen LogP contribution in [0.4, 0.5) is 0 Å². The summed E-state index contributed by atoms with van der Waals surface area (Å²) >= 11 is 6.01. The molecule has 1 heterocycles. The van der Waals surface area contributed by atoms with Crippen LogP contribution in [0, 0.1) is 6.92 Å². The Hall–Kier alpha value is -1.28. The molecular formula is C11H10ClNO. The summed E-state index contributed by atoms with van der Waals surface area (Å²) in [5, 5.41) is 2.76. The molecule has 72 valence electrons. The molecule has 2 rings (SSSR count). The number of aromatic nitrogens is 1. The highest BCUT2D eigenvalue weighted by atomic mass is 35.5. The molecule has 1 aromatic heterocycles. The van der Waals surface area contributed by atoms with E-state index in [1.165, 1.54) is 0 Å². The second-order valence-corrected chi connectivity index (χ2v) is 3.57. The minimum absolute atomic E-state index is 0.630. The SMILES string of the molecule is COc1cc2cnc(C)cc2cc1Cl. The van der Waals surface area contributed by atoms with E-state index in [0.717, 1.165) is 16.5 Å². The Balaban J connectivity index is 2.73. The maximum absolute atomic E-state index is 6.01. The minimum atomic E-state index is 0.630. The Morgan fingerprint density at radius 2 is 2.00 bits per heavy atom. The van der Waals surface area contributed by atoms with Crippen LogP contribution in [-0.4, -0.2) is 12.1 Å². The lowest BCUT2D eigenvalue weighted by Gasteiger charge is -2.05. The van der Waals surface area contributed by atoms with E-state index in [0.29, 0.717) is 10.8 Å². The number of ether oxygens (including phenoxy) is 1. The molecule has 0 saturated heterocycles. The molecule has 0 amide bonds. The van der Waals surface area contributed by atoms with Crippen LogP contribution in [0.15, 0.2) is 24.4 Å². The molecule has 0 aliphatic rings. The van der Waals surface area contributed by atoms with Crippen LogP contribution in [0.2, 0.25) is 5.02 Å². The molecule has 0 bridgehead atoms. The molecular weight excluding hydrogens is 198 g/mol. The summed E-state index contributed by atoms with van der Waals surface area (Å²) in [4.78, 5) is 4.21. The van der Waals surface area contributed by atoms with Gasteiger partial charge in [-0.2, -0.15) is 0 Å². The molecule has 2 aromatic rings. The summed E-state index contributed by atoms with van der Waals surface area (Å²) in [6.07, 6.45) is 1.82. The zero-order chi connectivity index (χ0) is 10.1. The van der Waals surface area contributed by atoms with Crippen molar-refractivity contribution in [3.05, 3.63) is 35.1 Å². The first kappa shape index (κ1) is 9.28. The molecule has 3 heteroatoms. The lowest BCUT2D eigenvalue weighted by molar-refractivity contribution is 0.415. The van der Waals surface area contributed by atoms with Crippen LogP contribution >= 0.6 is 11.6 Å². The summed E-state index contributed by atoms with van der Waals surface area (Å²) in [6.45, 7) is 1.96. The molecule has 0 atom stereocenters. The van der Waals surface area contributed by atoms with Crippen molar-refractivity contribution in [1.82, 2.24) is 4.98 Å². The van der Waals surface area contributed by atoms with E-state index >= 15 is 0 Å². The van der Waals surface area contributed by atoms with Crippen LogP contribution in [0.3, 0.4) is 0 Å². The maximum Gasteiger partial charge on any atom is 0.138 e. The first-order chi connectivity index (χ1) is 6.70. The van der Waals surface area contributed by atoms with Gasteiger partial charge in [0.05, 0.1) is 12.1 Å². The number of pyridine rings is 1. The van der Waals surface area contributed by atoms with Crippen molar-refractivity contribution in [3.8, 4) is 5.75 Å². The van der Waals surface area contributed by atoms with E-state index < -0.39 is 0 Å². The van der Waals surface area contributed by atoms with Gasteiger partial charge in [0.1, 0.15) is 5.75 Å². The average molecular weight is 208 g/mol. The lowest BCUT2D eigenvalue weighted by atomic mass is 10.1. The Kier molecular flexibility index (Phi) is 2.30. The quantitative estimate of drug-likeness (QED) is 0.717. The van der Waals surface area contributed by atoms with Crippen molar-refractivity contribution in [2.75, 3.05) is 7.11 Å². The van der Waals surface area contributed by atoms with Crippen LogP contribution in [0.25, 0.3) is 10.8 Å². The predicted molar refractivity (Wildman–Crippen MR) is 58.0 cm³/mol. The van der Waals surface area contributed by atoms with Crippen LogP contribution in [-0.2, 0) is 0 Å². The second kappa shape index (κ2) is 3.46. The highest BCUT2D eigenvalue weighted by Gasteiger charge is 2.03. The summed E-state index contributed by atoms with van der Waals surface area (Å²) in [6, 6.07) is 5.79. The zero-order valence-corrected chi connectivity index (χ0v) is 8.80. The Morgan fingerprint density at radius 1 is 1.21 bits per heavy atom. The summed E-state index contributed by atoms with van der Waals surface area (Å²) in [5.74, 6) is 0.685. The number of fused-ring (bicyclic) bond motifs is 1. The van der Waals surface area contributed by atoms with Gasteiger partial charge >= 0.3 is 0 Å². The standard InChI is InChI=1S/C11H10ClNO/c1-7-3-8-4-10(12)11(14-2)5-9(8)6-13-7/h3-6H,1-2H3. The predicted octanol–water partition coefficient (Wildman–Crippen LogP) is 3.21. The van der Waals surface area contributed by atoms with Crippen molar-refractivity contribution < 1.29 is 4.74 Å². The van der Waals surface area contributed by atoms with E-state index in [2.05, 4.69) is 4.98 Å². The molecule has 14 heavy (non-hydrogen) atoms. The number of hydrogen-bond acceptors (Lipinski definition) is 2. The fourth-order valence-electron chi connectivity index (χ4n) is 1.41. The first-order valence-corrected chi connectivity index (χ1v) is 4.68. The van der Waals surface area contributed by atoms with Gasteiger partial charge in [-0.1, -0.05) is 11.6 Å². The molecule has 2 nitrogen and oxygen atoms in total. The molecule has 0 spiro atoms. The van der Waals surface area contributed by atoms with Crippen LogP contribution in [0.5, 0.6) is 5.75 Å². The molecule has 0 radical (unpaired) electrons. The Bertz CT molecular complexity index is 482. The topological polar surface area (TPSA) is 22.1 Å². The zero-order valence-electron chi connectivity index (χ0n) is 8.04. The molecule has 0 saturated carbocycles. The third-order valence-corrected chi connectivity index (χ3v) is 2.42. The van der Waals surface area contributed by atoms with Crippen LogP contribution in [0.1, 0.15) is 5.69 Å². The number of hydrogen-bond donors (Lipinski definition) is 0. The van der Waals surface area contributed by atoms with Gasteiger partial charge in [0.15, 0.2) is 0 Å². The van der Waals surface area contributed by atoms with Gasteiger partial charge in [-0.05, 0) is 30.5 Å². The third-order valence-electron chi connectivity index (χ3n) is 2.13. The van der Waals surface area contributed by atoms with Gasteiger partial charge in [-0.15, -0.1) is 0 Å². The van der Waals surface area contributed by atoms with E-state index in [4.69, 9.17) is 16.3 Å². The molecule has 0 aliphatic heterocycles. The van der Waals surface area contributed by atoms with Gasteiger partial charge in [0.2, 0.25) is 0 Å². The van der Waals surface area contributed by atoms with Crippen LogP contribution < -0.4 is 4.74 Å². The van der Waals surface area contributed by atoms with Crippen molar-refractivity contribution in [1.29, 1.82) is 0 Å². The van der Waals surface area contributed by atoms with Gasteiger partial charge in [-0.25, -0.2) is 0 Å². The van der Waals surface area contributed by atoms with Crippen molar-refractivity contribution in [2.24, 2.45) is 0 Å². The Morgan fingerprint density at radius 3 is 2.71 bits per heavy atom. The fourth-order valence-corrected chi connectivity index (χ4v) is 1.66. The van der Waals surface area contributed by atoms with Gasteiger partial charge in [0, 0.05) is 17.3 Å². The highest BCUT2D eigenvalue weighted by molar-refractivity contribution is 6.32. The highest BCUT2D eigenvalue weighted by Crippen LogP contribution is 2.29. The molecule has 0 unspecified atom stereocenters. The second-order valence-electron chi connectivity index (χ2n) is 3.16. The average Bonchev–Trinajstić information content (AvgIpc) is 2.16. The molecule has 0 aliphatic carbocycles. The smallest absolute Gasteiger partial charge is 0.138 e. The van der Waals surface area contributed by atoms with Crippen molar-refractivity contribution in [3.63, 3.8) is 0 Å². The van der Waals surface area contributed by atoms with E-state index in [1.807, 2.05) is 31.3 Å². The van der Waals surface area contributed by atoms with Gasteiger partial charge in [-0.3, -0.25) is 4.98 Å². The third kappa shape index (κ3) is 1.53. The first-order valence-electron chi connectivity index (χ1n) is 4.30. The number of rotatable bonds is 1. The summed E-state index contributed by atoms with van der Waals surface area (Å²) in [5.41, 5.74) is 0.985. The van der Waals surface area contributed by atoms with Crippen molar-refractivity contribution >= 4 is 22.4 Å². The number of nitrogens with zero attached hydrogens (tertiary/aromatic N) is 1. The molecule has 1 aromatic carbocycles. The Labute approximate surface area is 87.5 Å². The lowest BCUT2D eigenvalue weighted by Crippen LogP contribution is -1.86. The van der Waals surface area contributed by atoms with E-state index in [-0.39, 0.29) is 0 Å². The molecule has 0 fully saturated rings. The molecule has 0 N–H and O–H groups in total. The van der Waals surface area contributed by atoms with Crippen molar-refractivity contribution in [2.45, 2.75) is 6.92 Å². The number of benzene rings is 1. The number of halogens is 1. The van der Waals surface area contributed by atoms with Gasteiger partial charge in [0.25, 0.3) is 0 Å². The van der Waals surface area contributed by atoms with E-state index in [9.17, 15) is 0 Å². The maximum atomic E-state index is 6.01. The summed E-state index contributed by atoms with van der Waals surface area (Å²) < 4.78 is 5.12. The summed E-state index contributed by atoms with van der Waals surface area (Å²) in [7, 11) is 1.61. The monoisotopic (exact) mass is 207 g/mol. The normalized spacial score (nSPS) is 10.5. The fraction of sp³-hybridized carbons (Fsp3) is 0.182. The van der Waals surface area contributed by atoms with E-state index in [1.54, 1.807) is 7.11 Å². The minimum Gasteiger partial charge on any atom is -0.495 e. The van der Waals surface area contributed by atoms with Gasteiger partial charge < -0.3 is 4.74 Å². The number of methoxy groups -OCH3 is 1. The number of aryl methyl sites for hydroxylation is 1. The largest absolute Gasteiger partial charge is 0.495 e.